The van der Waals surface area contributed by atoms with Gasteiger partial charge in [0.1, 0.15) is 5.75 Å². The van der Waals surface area contributed by atoms with E-state index in [1.54, 1.807) is 24.3 Å². The van der Waals surface area contributed by atoms with Crippen LogP contribution < -0.4 is 11.1 Å². The van der Waals surface area contributed by atoms with E-state index in [9.17, 15) is 14.7 Å². The number of carbonyl (C=O) groups is 2. The topological polar surface area (TPSA) is 92.4 Å². The summed E-state index contributed by atoms with van der Waals surface area (Å²) in [6, 6.07) is 10.9. The first kappa shape index (κ1) is 14.9. The van der Waals surface area contributed by atoms with Crippen molar-refractivity contribution in [2.75, 3.05) is 0 Å². The molecule has 0 aliphatic heterocycles. The second-order valence-electron chi connectivity index (χ2n) is 4.41. The third kappa shape index (κ3) is 3.73. The number of aromatic hydroxyl groups is 1. The van der Waals surface area contributed by atoms with Crippen molar-refractivity contribution >= 4 is 23.4 Å². The van der Waals surface area contributed by atoms with Crippen LogP contribution in [0.4, 0.5) is 0 Å². The molecule has 2 rings (SSSR count). The Kier molecular flexibility index (Phi) is 4.45. The van der Waals surface area contributed by atoms with Gasteiger partial charge in [0, 0.05) is 17.7 Å². The van der Waals surface area contributed by atoms with Gasteiger partial charge >= 0.3 is 0 Å². The Bertz CT molecular complexity index is 701. The van der Waals surface area contributed by atoms with Crippen molar-refractivity contribution in [3.05, 3.63) is 64.2 Å². The molecule has 108 valence electrons. The molecule has 2 aromatic carbocycles. The molecule has 2 amide bonds. The van der Waals surface area contributed by atoms with Crippen LogP contribution in [0, 0.1) is 0 Å². The number of hydrogen-bond acceptors (Lipinski definition) is 3. The van der Waals surface area contributed by atoms with Crippen LogP contribution in [0.15, 0.2) is 42.5 Å². The minimum atomic E-state index is -0.520. The van der Waals surface area contributed by atoms with Gasteiger partial charge in [-0.25, -0.2) is 0 Å². The lowest BCUT2D eigenvalue weighted by Crippen LogP contribution is -2.23. The molecule has 0 heterocycles. The molecule has 0 radical (unpaired) electrons. The highest BCUT2D eigenvalue weighted by atomic mass is 35.5. The smallest absolute Gasteiger partial charge is 0.251 e. The van der Waals surface area contributed by atoms with Gasteiger partial charge in [-0.05, 0) is 35.9 Å². The number of carbonyl (C=O) groups excluding carboxylic acids is 2. The molecular weight excluding hydrogens is 292 g/mol. The monoisotopic (exact) mass is 304 g/mol. The molecule has 4 N–H and O–H groups in total. The fourth-order valence-corrected chi connectivity index (χ4v) is 1.95. The molecule has 0 bridgehead atoms. The van der Waals surface area contributed by atoms with Gasteiger partial charge in [0.15, 0.2) is 0 Å². The van der Waals surface area contributed by atoms with Gasteiger partial charge in [-0.2, -0.15) is 0 Å². The third-order valence-corrected chi connectivity index (χ3v) is 3.18. The number of amides is 2. The summed E-state index contributed by atoms with van der Waals surface area (Å²) >= 11 is 5.75. The van der Waals surface area contributed by atoms with Crippen LogP contribution in [-0.2, 0) is 6.54 Å². The van der Waals surface area contributed by atoms with Gasteiger partial charge in [0.25, 0.3) is 5.91 Å². The van der Waals surface area contributed by atoms with Crippen LogP contribution in [0.3, 0.4) is 0 Å². The van der Waals surface area contributed by atoms with E-state index >= 15 is 0 Å². The van der Waals surface area contributed by atoms with Crippen LogP contribution in [0.1, 0.15) is 26.3 Å². The summed E-state index contributed by atoms with van der Waals surface area (Å²) in [5.74, 6) is -0.933. The molecule has 0 aliphatic carbocycles. The lowest BCUT2D eigenvalue weighted by molar-refractivity contribution is 0.0950. The number of hydrogen-bond donors (Lipinski definition) is 3. The molecule has 0 unspecified atom stereocenters. The Hall–Kier alpha value is -2.53. The highest BCUT2D eigenvalue weighted by Gasteiger charge is 2.08. The van der Waals surface area contributed by atoms with E-state index in [1.165, 1.54) is 18.2 Å². The van der Waals surface area contributed by atoms with Crippen molar-refractivity contribution in [1.29, 1.82) is 0 Å². The first-order valence-electron chi connectivity index (χ1n) is 6.13. The Morgan fingerprint density at radius 1 is 1.14 bits per heavy atom. The predicted molar refractivity (Wildman–Crippen MR) is 79.2 cm³/mol. The summed E-state index contributed by atoms with van der Waals surface area (Å²) in [6.45, 7) is 0.248. The van der Waals surface area contributed by atoms with Crippen LogP contribution in [0.2, 0.25) is 5.02 Å². The lowest BCUT2D eigenvalue weighted by Gasteiger charge is -2.07. The number of nitrogens with two attached hydrogens (primary N) is 1. The van der Waals surface area contributed by atoms with Gasteiger partial charge in [0.2, 0.25) is 5.91 Å². The molecule has 0 saturated heterocycles. The molecule has 0 fully saturated rings. The quantitative estimate of drug-likeness (QED) is 0.807. The fourth-order valence-electron chi connectivity index (χ4n) is 1.77. The number of halogens is 1. The Morgan fingerprint density at radius 3 is 2.57 bits per heavy atom. The highest BCUT2D eigenvalue weighted by Crippen LogP contribution is 2.23. The van der Waals surface area contributed by atoms with E-state index < -0.39 is 5.91 Å². The zero-order valence-corrected chi connectivity index (χ0v) is 11.7. The normalized spacial score (nSPS) is 10.1. The molecule has 0 saturated carbocycles. The van der Waals surface area contributed by atoms with Crippen molar-refractivity contribution in [1.82, 2.24) is 5.32 Å². The largest absolute Gasteiger partial charge is 0.506 e. The van der Waals surface area contributed by atoms with E-state index in [2.05, 4.69) is 5.32 Å². The maximum Gasteiger partial charge on any atom is 0.251 e. The van der Waals surface area contributed by atoms with E-state index in [1.807, 2.05) is 0 Å². The van der Waals surface area contributed by atoms with Gasteiger partial charge in [-0.15, -0.1) is 0 Å². The van der Waals surface area contributed by atoms with Gasteiger partial charge in [0.05, 0.1) is 5.02 Å². The minimum absolute atomic E-state index is 0.0811. The number of primary amides is 1. The lowest BCUT2D eigenvalue weighted by atomic mass is 10.1. The maximum absolute atomic E-state index is 12.0. The summed E-state index contributed by atoms with van der Waals surface area (Å²) in [5.41, 5.74) is 6.67. The number of phenolic OH excluding ortho intramolecular Hbond substituents is 1. The van der Waals surface area contributed by atoms with E-state index in [-0.39, 0.29) is 23.2 Å². The molecule has 0 spiro atoms. The van der Waals surface area contributed by atoms with Gasteiger partial charge in [-0.3, -0.25) is 9.59 Å². The van der Waals surface area contributed by atoms with E-state index in [0.29, 0.717) is 11.1 Å². The zero-order chi connectivity index (χ0) is 15.4. The van der Waals surface area contributed by atoms with Gasteiger partial charge in [-0.1, -0.05) is 23.7 Å². The summed E-state index contributed by atoms with van der Waals surface area (Å²) in [7, 11) is 0. The van der Waals surface area contributed by atoms with Crippen LogP contribution in [0.5, 0.6) is 5.75 Å². The Labute approximate surface area is 126 Å². The third-order valence-electron chi connectivity index (χ3n) is 2.87. The molecule has 0 aromatic heterocycles. The summed E-state index contributed by atoms with van der Waals surface area (Å²) in [4.78, 5) is 23.0. The molecule has 0 aliphatic rings. The second kappa shape index (κ2) is 6.28. The summed E-state index contributed by atoms with van der Waals surface area (Å²) in [6.07, 6.45) is 0. The van der Waals surface area contributed by atoms with Crippen molar-refractivity contribution in [2.45, 2.75) is 6.54 Å². The minimum Gasteiger partial charge on any atom is -0.506 e. The molecule has 6 heteroatoms. The SMILES string of the molecule is NC(=O)c1cccc(CNC(=O)c2ccc(O)c(Cl)c2)c1. The zero-order valence-electron chi connectivity index (χ0n) is 11.0. The molecule has 21 heavy (non-hydrogen) atoms. The van der Waals surface area contributed by atoms with Crippen molar-refractivity contribution < 1.29 is 14.7 Å². The van der Waals surface area contributed by atoms with E-state index in [4.69, 9.17) is 17.3 Å². The van der Waals surface area contributed by atoms with Crippen molar-refractivity contribution in [3.63, 3.8) is 0 Å². The average Bonchev–Trinajstić information content (AvgIpc) is 2.48. The van der Waals surface area contributed by atoms with Gasteiger partial charge < -0.3 is 16.2 Å². The molecule has 5 nitrogen and oxygen atoms in total. The van der Waals surface area contributed by atoms with Crippen LogP contribution in [0.25, 0.3) is 0 Å². The van der Waals surface area contributed by atoms with Crippen LogP contribution in [-0.4, -0.2) is 16.9 Å². The van der Waals surface area contributed by atoms with Crippen LogP contribution >= 0.6 is 11.6 Å². The number of rotatable bonds is 4. The Balaban J connectivity index is 2.05. The first-order valence-corrected chi connectivity index (χ1v) is 6.50. The Morgan fingerprint density at radius 2 is 1.90 bits per heavy atom. The highest BCUT2D eigenvalue weighted by molar-refractivity contribution is 6.32. The first-order chi connectivity index (χ1) is 9.97. The number of benzene rings is 2. The van der Waals surface area contributed by atoms with E-state index in [0.717, 1.165) is 5.56 Å². The summed E-state index contributed by atoms with van der Waals surface area (Å²) < 4.78 is 0. The number of phenols is 1. The maximum atomic E-state index is 12.0. The predicted octanol–water partition coefficient (Wildman–Crippen LogP) is 2.07. The van der Waals surface area contributed by atoms with Crippen molar-refractivity contribution in [3.8, 4) is 5.75 Å². The standard InChI is InChI=1S/C15H13ClN2O3/c16-12-7-11(4-5-13(12)19)15(21)18-8-9-2-1-3-10(6-9)14(17)20/h1-7,19H,8H2,(H2,17,20)(H,18,21). The molecule has 0 atom stereocenters. The average molecular weight is 305 g/mol. The number of nitrogens with one attached hydrogen (secondary N) is 1. The molecule has 2 aromatic rings. The fraction of sp³-hybridized carbons (Fsp3) is 0.0667. The summed E-state index contributed by atoms with van der Waals surface area (Å²) in [5, 5.41) is 12.1. The second-order valence-corrected chi connectivity index (χ2v) is 4.82. The molecular formula is C15H13ClN2O3. The van der Waals surface area contributed by atoms with Crippen molar-refractivity contribution in [2.24, 2.45) is 5.73 Å².